The zero-order valence-electron chi connectivity index (χ0n) is 20.7. The SMILES string of the molecule is CC1=CC23C(=O)[C@@H](C=C(CO)[C@@H](O)[C@]2(O)[C@H]1OC(=O)NC1CCCCC1)[C@H]1[C@@H](CC3C)C1(C)C. The number of hydrogen-bond donors (Lipinski definition) is 4. The Bertz CT molecular complexity index is 949. The van der Waals surface area contributed by atoms with Crippen LogP contribution in [0.15, 0.2) is 23.3 Å². The normalized spacial score (nSPS) is 45.2. The number of amides is 1. The van der Waals surface area contributed by atoms with E-state index in [9.17, 15) is 24.9 Å². The molecular weight excluding hydrogens is 434 g/mol. The van der Waals surface area contributed by atoms with E-state index in [4.69, 9.17) is 4.74 Å². The topological polar surface area (TPSA) is 116 Å². The third-order valence-corrected chi connectivity index (χ3v) is 10.0. The fourth-order valence-electron chi connectivity index (χ4n) is 8.15. The first-order valence-corrected chi connectivity index (χ1v) is 12.9. The summed E-state index contributed by atoms with van der Waals surface area (Å²) in [6.45, 7) is 7.56. The fraction of sp³-hybridized carbons (Fsp3) is 0.778. The number of alkyl carbamates (subject to hydrolysis) is 1. The van der Waals surface area contributed by atoms with E-state index in [0.717, 1.165) is 38.5 Å². The smallest absolute Gasteiger partial charge is 0.408 e. The van der Waals surface area contributed by atoms with Crippen LogP contribution in [0.4, 0.5) is 4.79 Å². The number of allylic oxidation sites excluding steroid dienone is 1. The zero-order chi connectivity index (χ0) is 24.6. The van der Waals surface area contributed by atoms with E-state index in [0.29, 0.717) is 11.5 Å². The number of Topliss-reactive ketones (excluding diaryl/α,β-unsaturated/α-hetero) is 1. The Morgan fingerprint density at radius 2 is 1.91 bits per heavy atom. The first kappa shape index (κ1) is 24.0. The third kappa shape index (κ3) is 3.05. The van der Waals surface area contributed by atoms with Crippen molar-refractivity contribution in [3.8, 4) is 0 Å². The molecule has 4 N–H and O–H groups in total. The van der Waals surface area contributed by atoms with Crippen molar-refractivity contribution in [1.82, 2.24) is 5.32 Å². The van der Waals surface area contributed by atoms with Gasteiger partial charge in [-0.2, -0.15) is 0 Å². The van der Waals surface area contributed by atoms with Crippen molar-refractivity contribution in [3.63, 3.8) is 0 Å². The van der Waals surface area contributed by atoms with Gasteiger partial charge < -0.3 is 25.4 Å². The standard InChI is InChI=1S/C27H39NO6/c1-14-12-26-15(2)10-19-20(25(19,3)4)18(22(26)31)11-16(13-29)21(30)27(26,33)23(14)34-24(32)28-17-8-6-5-7-9-17/h11-12,15,17-21,23,29-30,33H,5-10,13H2,1-4H3,(H,28,32)/t15?,18-,19+,20-,21+,23-,26?,27-/m0/s1. The third-order valence-electron chi connectivity index (χ3n) is 10.0. The van der Waals surface area contributed by atoms with Crippen molar-refractivity contribution in [3.05, 3.63) is 23.3 Å². The highest BCUT2D eigenvalue weighted by Gasteiger charge is 2.76. The van der Waals surface area contributed by atoms with Crippen molar-refractivity contribution < 1.29 is 29.6 Å². The predicted octanol–water partition coefficient (Wildman–Crippen LogP) is 2.88. The van der Waals surface area contributed by atoms with Crippen molar-refractivity contribution in [2.75, 3.05) is 6.61 Å². The Morgan fingerprint density at radius 3 is 2.56 bits per heavy atom. The summed E-state index contributed by atoms with van der Waals surface area (Å²) >= 11 is 0. The molecule has 0 heterocycles. The summed E-state index contributed by atoms with van der Waals surface area (Å²) in [5.74, 6) is -0.498. The molecule has 5 aliphatic carbocycles. The maximum absolute atomic E-state index is 14.3. The number of rotatable bonds is 3. The van der Waals surface area contributed by atoms with Gasteiger partial charge in [-0.1, -0.05) is 52.2 Å². The molecule has 34 heavy (non-hydrogen) atoms. The van der Waals surface area contributed by atoms with Gasteiger partial charge in [0.05, 0.1) is 12.0 Å². The van der Waals surface area contributed by atoms with Gasteiger partial charge in [0, 0.05) is 12.0 Å². The van der Waals surface area contributed by atoms with Crippen LogP contribution in [0.3, 0.4) is 0 Å². The molecule has 188 valence electrons. The minimum absolute atomic E-state index is 0.0200. The Hall–Kier alpha value is -1.70. The fourth-order valence-corrected chi connectivity index (χ4v) is 8.15. The molecule has 2 unspecified atom stereocenters. The number of carbonyl (C=O) groups is 2. The van der Waals surface area contributed by atoms with Crippen molar-refractivity contribution in [2.24, 2.45) is 34.5 Å². The van der Waals surface area contributed by atoms with Crippen LogP contribution in [0.25, 0.3) is 0 Å². The zero-order valence-corrected chi connectivity index (χ0v) is 20.7. The van der Waals surface area contributed by atoms with Gasteiger partial charge in [-0.3, -0.25) is 4.79 Å². The monoisotopic (exact) mass is 473 g/mol. The number of aliphatic hydroxyl groups excluding tert-OH is 2. The second kappa shape index (κ2) is 7.90. The van der Waals surface area contributed by atoms with Gasteiger partial charge >= 0.3 is 6.09 Å². The summed E-state index contributed by atoms with van der Waals surface area (Å²) in [4.78, 5) is 27.2. The van der Waals surface area contributed by atoms with E-state index in [1.165, 1.54) is 0 Å². The number of aliphatic hydroxyl groups is 3. The molecule has 7 heteroatoms. The van der Waals surface area contributed by atoms with Crippen molar-refractivity contribution in [2.45, 2.75) is 90.1 Å². The van der Waals surface area contributed by atoms with E-state index >= 15 is 0 Å². The molecule has 0 aliphatic heterocycles. The first-order chi connectivity index (χ1) is 16.0. The summed E-state index contributed by atoms with van der Waals surface area (Å²) in [7, 11) is 0. The molecule has 0 radical (unpaired) electrons. The van der Waals surface area contributed by atoms with Crippen LogP contribution in [0, 0.1) is 34.5 Å². The maximum Gasteiger partial charge on any atom is 0.408 e. The van der Waals surface area contributed by atoms with Gasteiger partial charge in [0.2, 0.25) is 0 Å². The minimum Gasteiger partial charge on any atom is -0.438 e. The predicted molar refractivity (Wildman–Crippen MR) is 126 cm³/mol. The number of hydrogen-bond acceptors (Lipinski definition) is 6. The number of nitrogens with one attached hydrogen (secondary N) is 1. The van der Waals surface area contributed by atoms with Gasteiger partial charge in [0.25, 0.3) is 0 Å². The Morgan fingerprint density at radius 1 is 1.24 bits per heavy atom. The molecule has 1 amide bonds. The van der Waals surface area contributed by atoms with Crippen LogP contribution < -0.4 is 5.32 Å². The molecule has 0 aromatic rings. The van der Waals surface area contributed by atoms with Gasteiger partial charge in [-0.25, -0.2) is 4.79 Å². The maximum atomic E-state index is 14.3. The van der Waals surface area contributed by atoms with Gasteiger partial charge in [0.1, 0.15) is 6.10 Å². The molecule has 8 atom stereocenters. The lowest BCUT2D eigenvalue weighted by molar-refractivity contribution is -0.190. The summed E-state index contributed by atoms with van der Waals surface area (Å²) in [6.07, 6.45) is 5.86. The lowest BCUT2D eigenvalue weighted by atomic mass is 9.59. The van der Waals surface area contributed by atoms with Crippen LogP contribution >= 0.6 is 0 Å². The molecule has 0 aromatic carbocycles. The second-order valence-electron chi connectivity index (χ2n) is 12.1. The van der Waals surface area contributed by atoms with Crippen LogP contribution in [-0.4, -0.2) is 57.7 Å². The minimum atomic E-state index is -2.08. The number of carbonyl (C=O) groups excluding carboxylic acids is 2. The van der Waals surface area contributed by atoms with E-state index in [2.05, 4.69) is 19.2 Å². The summed E-state index contributed by atoms with van der Waals surface area (Å²) in [5.41, 5.74) is -2.71. The average Bonchev–Trinajstić information content (AvgIpc) is 3.28. The Labute approximate surface area is 201 Å². The molecule has 3 fully saturated rings. The van der Waals surface area contributed by atoms with E-state index in [-0.39, 0.29) is 34.6 Å². The Kier molecular flexibility index (Phi) is 5.58. The highest BCUT2D eigenvalue weighted by molar-refractivity contribution is 5.95. The molecule has 1 spiro atoms. The number of ether oxygens (including phenoxy) is 1. The quantitative estimate of drug-likeness (QED) is 0.469. The largest absolute Gasteiger partial charge is 0.438 e. The Balaban J connectivity index is 1.54. The molecule has 0 aromatic heterocycles. The van der Waals surface area contributed by atoms with Gasteiger partial charge in [0.15, 0.2) is 17.5 Å². The summed E-state index contributed by atoms with van der Waals surface area (Å²) < 4.78 is 5.83. The van der Waals surface area contributed by atoms with E-state index in [1.807, 2.05) is 6.92 Å². The lowest BCUT2D eigenvalue weighted by Crippen LogP contribution is -2.66. The van der Waals surface area contributed by atoms with E-state index < -0.39 is 41.8 Å². The molecule has 5 rings (SSSR count). The lowest BCUT2D eigenvalue weighted by Gasteiger charge is -2.48. The van der Waals surface area contributed by atoms with Crippen LogP contribution in [-0.2, 0) is 9.53 Å². The second-order valence-corrected chi connectivity index (χ2v) is 12.1. The van der Waals surface area contributed by atoms with Crippen LogP contribution in [0.2, 0.25) is 0 Å². The van der Waals surface area contributed by atoms with E-state index in [1.54, 1.807) is 19.1 Å². The van der Waals surface area contributed by atoms with Gasteiger partial charge in [-0.15, -0.1) is 0 Å². The molecule has 0 saturated heterocycles. The molecule has 3 saturated carbocycles. The van der Waals surface area contributed by atoms with Crippen LogP contribution in [0.5, 0.6) is 0 Å². The average molecular weight is 474 g/mol. The highest BCUT2D eigenvalue weighted by Crippen LogP contribution is 2.71. The molecule has 7 nitrogen and oxygen atoms in total. The molecule has 2 bridgehead atoms. The van der Waals surface area contributed by atoms with Gasteiger partial charge in [-0.05, 0) is 60.5 Å². The van der Waals surface area contributed by atoms with Crippen molar-refractivity contribution in [1.29, 1.82) is 0 Å². The number of fused-ring (bicyclic) bond motifs is 3. The summed E-state index contributed by atoms with van der Waals surface area (Å²) in [5, 5.41) is 37.0. The highest BCUT2D eigenvalue weighted by atomic mass is 16.6. The number of ketones is 1. The first-order valence-electron chi connectivity index (χ1n) is 12.9. The molecule has 5 aliphatic rings. The summed E-state index contributed by atoms with van der Waals surface area (Å²) in [6, 6.07) is 0.0275. The molecular formula is C27H39NO6. The van der Waals surface area contributed by atoms with Crippen molar-refractivity contribution >= 4 is 11.9 Å². The van der Waals surface area contributed by atoms with Crippen LogP contribution in [0.1, 0.15) is 66.2 Å².